The van der Waals surface area contributed by atoms with Crippen molar-refractivity contribution in [1.82, 2.24) is 0 Å². The first-order chi connectivity index (χ1) is 7.88. The van der Waals surface area contributed by atoms with Crippen molar-refractivity contribution in [3.8, 4) is 0 Å². The van der Waals surface area contributed by atoms with Gasteiger partial charge in [-0.15, -0.1) is 0 Å². The Morgan fingerprint density at radius 2 is 1.59 bits per heavy atom. The third kappa shape index (κ3) is 6.29. The van der Waals surface area contributed by atoms with Gasteiger partial charge in [-0.3, -0.25) is 0 Å². The number of hydrogen-bond donors (Lipinski definition) is 4. The third-order valence-corrected chi connectivity index (χ3v) is 1.77. The fourth-order valence-electron chi connectivity index (χ4n) is 0.785. The van der Waals surface area contributed by atoms with Gasteiger partial charge in [-0.1, -0.05) is 13.0 Å². The van der Waals surface area contributed by atoms with Crippen LogP contribution in [0.15, 0.2) is 24.3 Å². The van der Waals surface area contributed by atoms with Crippen molar-refractivity contribution in [2.75, 3.05) is 0 Å². The number of hydrogen-bond acceptors (Lipinski definition) is 4. The Labute approximate surface area is 98.3 Å². The molecule has 0 aromatic heterocycles. The Kier molecular flexibility index (Phi) is 6.54. The molecular formula is C11H15NO5. The van der Waals surface area contributed by atoms with Crippen LogP contribution in [0.3, 0.4) is 0 Å². The minimum Gasteiger partial charge on any atom is -0.478 e. The Bertz CT molecular complexity index is 360. The van der Waals surface area contributed by atoms with Crippen LogP contribution < -0.4 is 5.73 Å². The first kappa shape index (κ1) is 15.1. The van der Waals surface area contributed by atoms with Crippen LogP contribution in [0.5, 0.6) is 0 Å². The molecule has 17 heavy (non-hydrogen) atoms. The largest absolute Gasteiger partial charge is 0.478 e. The Morgan fingerprint density at radius 1 is 1.24 bits per heavy atom. The SMILES string of the molecule is CCC(N)O.O=C(O)c1cccc(C(=O)O)c1. The van der Waals surface area contributed by atoms with Gasteiger partial charge in [0.15, 0.2) is 0 Å². The van der Waals surface area contributed by atoms with E-state index in [9.17, 15) is 9.59 Å². The van der Waals surface area contributed by atoms with Crippen LogP contribution in [0.25, 0.3) is 0 Å². The molecule has 5 N–H and O–H groups in total. The van der Waals surface area contributed by atoms with Gasteiger partial charge >= 0.3 is 11.9 Å². The molecule has 1 atom stereocenters. The summed E-state index contributed by atoms with van der Waals surface area (Å²) < 4.78 is 0. The average Bonchev–Trinajstić information content (AvgIpc) is 2.29. The van der Waals surface area contributed by atoms with Crippen LogP contribution in [0.4, 0.5) is 0 Å². The summed E-state index contributed by atoms with van der Waals surface area (Å²) in [5.74, 6) is -2.25. The molecule has 6 nitrogen and oxygen atoms in total. The number of rotatable bonds is 3. The highest BCUT2D eigenvalue weighted by atomic mass is 16.4. The van der Waals surface area contributed by atoms with Crippen LogP contribution in [-0.4, -0.2) is 33.5 Å². The maximum atomic E-state index is 10.4. The molecule has 0 saturated heterocycles. The van der Waals surface area contributed by atoms with Crippen molar-refractivity contribution >= 4 is 11.9 Å². The second-order valence-corrected chi connectivity index (χ2v) is 3.17. The van der Waals surface area contributed by atoms with Gasteiger partial charge in [0.1, 0.15) is 6.23 Å². The van der Waals surface area contributed by atoms with Gasteiger partial charge in [0.25, 0.3) is 0 Å². The highest BCUT2D eigenvalue weighted by molar-refractivity contribution is 5.93. The van der Waals surface area contributed by atoms with E-state index in [1.165, 1.54) is 18.2 Å². The minimum absolute atomic E-state index is 0.0186. The Hall–Kier alpha value is -1.92. The number of benzene rings is 1. The predicted molar refractivity (Wildman–Crippen MR) is 60.8 cm³/mol. The molecule has 0 saturated carbocycles. The fraction of sp³-hybridized carbons (Fsp3) is 0.273. The molecule has 0 bridgehead atoms. The van der Waals surface area contributed by atoms with E-state index in [0.29, 0.717) is 6.42 Å². The monoisotopic (exact) mass is 241 g/mol. The van der Waals surface area contributed by atoms with E-state index in [2.05, 4.69) is 0 Å². The lowest BCUT2D eigenvalue weighted by molar-refractivity contribution is 0.0696. The first-order valence-electron chi connectivity index (χ1n) is 4.88. The van der Waals surface area contributed by atoms with Crippen LogP contribution in [-0.2, 0) is 0 Å². The molecule has 0 fully saturated rings. The van der Waals surface area contributed by atoms with Crippen LogP contribution in [0, 0.1) is 0 Å². The van der Waals surface area contributed by atoms with E-state index < -0.39 is 18.2 Å². The van der Waals surface area contributed by atoms with Crippen molar-refractivity contribution in [3.05, 3.63) is 35.4 Å². The molecule has 6 heteroatoms. The molecule has 1 unspecified atom stereocenters. The summed E-state index contributed by atoms with van der Waals surface area (Å²) in [5.41, 5.74) is 4.81. The smallest absolute Gasteiger partial charge is 0.335 e. The second kappa shape index (κ2) is 7.37. The van der Waals surface area contributed by atoms with E-state index >= 15 is 0 Å². The van der Waals surface area contributed by atoms with Crippen LogP contribution in [0.1, 0.15) is 34.1 Å². The molecule has 0 aliphatic rings. The quantitative estimate of drug-likeness (QED) is 0.579. The standard InChI is InChI=1S/C8H6O4.C3H9NO/c9-7(10)5-2-1-3-6(4-5)8(11)12;1-2-3(4)5/h1-4H,(H,9,10)(H,11,12);3,5H,2,4H2,1H3. The minimum atomic E-state index is -1.13. The van der Waals surface area contributed by atoms with Gasteiger partial charge in [-0.05, 0) is 24.6 Å². The number of carboxylic acid groups (broad SMARTS) is 2. The molecule has 94 valence electrons. The zero-order valence-electron chi connectivity index (χ0n) is 9.33. The summed E-state index contributed by atoms with van der Waals surface area (Å²) in [6, 6.07) is 5.20. The lowest BCUT2D eigenvalue weighted by Gasteiger charge is -1.95. The summed E-state index contributed by atoms with van der Waals surface area (Å²) >= 11 is 0. The molecule has 0 heterocycles. The summed E-state index contributed by atoms with van der Waals surface area (Å²) in [4.78, 5) is 20.8. The van der Waals surface area contributed by atoms with Crippen molar-refractivity contribution in [2.45, 2.75) is 19.6 Å². The lowest BCUT2D eigenvalue weighted by atomic mass is 10.1. The van der Waals surface area contributed by atoms with Crippen molar-refractivity contribution in [3.63, 3.8) is 0 Å². The first-order valence-corrected chi connectivity index (χ1v) is 4.88. The van der Waals surface area contributed by atoms with Gasteiger partial charge in [0.2, 0.25) is 0 Å². The number of carboxylic acids is 2. The summed E-state index contributed by atoms with van der Waals surface area (Å²) in [6.45, 7) is 1.82. The maximum Gasteiger partial charge on any atom is 0.335 e. The van der Waals surface area contributed by atoms with Crippen molar-refractivity contribution in [1.29, 1.82) is 0 Å². The zero-order valence-corrected chi connectivity index (χ0v) is 9.33. The maximum absolute atomic E-state index is 10.4. The summed E-state index contributed by atoms with van der Waals surface area (Å²) in [6.07, 6.45) is 0.0231. The average molecular weight is 241 g/mol. The molecule has 1 aromatic carbocycles. The Balaban J connectivity index is 0.000000437. The summed E-state index contributed by atoms with van der Waals surface area (Å²) in [5, 5.41) is 25.1. The molecule has 0 aliphatic carbocycles. The molecule has 0 spiro atoms. The van der Waals surface area contributed by atoms with Gasteiger partial charge in [-0.25, -0.2) is 9.59 Å². The third-order valence-electron chi connectivity index (χ3n) is 1.77. The highest BCUT2D eigenvalue weighted by Crippen LogP contribution is 2.04. The zero-order chi connectivity index (χ0) is 13.4. The number of aromatic carboxylic acids is 2. The topological polar surface area (TPSA) is 121 Å². The molecule has 1 rings (SSSR count). The van der Waals surface area contributed by atoms with E-state index in [4.69, 9.17) is 21.1 Å². The normalized spacial score (nSPS) is 11.0. The number of aliphatic hydroxyl groups is 1. The lowest BCUT2D eigenvalue weighted by Crippen LogP contribution is -2.16. The van der Waals surface area contributed by atoms with Crippen molar-refractivity contribution in [2.24, 2.45) is 5.73 Å². The van der Waals surface area contributed by atoms with E-state index in [1.807, 2.05) is 6.92 Å². The van der Waals surface area contributed by atoms with Gasteiger partial charge in [-0.2, -0.15) is 0 Å². The van der Waals surface area contributed by atoms with Gasteiger partial charge in [0, 0.05) is 0 Å². The van der Waals surface area contributed by atoms with Gasteiger partial charge in [0.05, 0.1) is 11.1 Å². The number of aliphatic hydroxyl groups excluding tert-OH is 1. The van der Waals surface area contributed by atoms with Gasteiger partial charge < -0.3 is 21.1 Å². The van der Waals surface area contributed by atoms with Crippen LogP contribution in [0.2, 0.25) is 0 Å². The van der Waals surface area contributed by atoms with Crippen molar-refractivity contribution < 1.29 is 24.9 Å². The second-order valence-electron chi connectivity index (χ2n) is 3.17. The molecule has 0 amide bonds. The molecule has 1 aromatic rings. The summed E-state index contributed by atoms with van der Waals surface area (Å²) in [7, 11) is 0. The number of nitrogens with two attached hydrogens (primary N) is 1. The van der Waals surface area contributed by atoms with E-state index in [-0.39, 0.29) is 11.1 Å². The van der Waals surface area contributed by atoms with E-state index in [0.717, 1.165) is 6.07 Å². The molecular weight excluding hydrogens is 226 g/mol. The van der Waals surface area contributed by atoms with Crippen LogP contribution >= 0.6 is 0 Å². The molecule has 0 aliphatic heterocycles. The highest BCUT2D eigenvalue weighted by Gasteiger charge is 2.06. The number of carbonyl (C=O) groups is 2. The fourth-order valence-corrected chi connectivity index (χ4v) is 0.785. The van der Waals surface area contributed by atoms with E-state index in [1.54, 1.807) is 0 Å². The Morgan fingerprint density at radius 3 is 1.82 bits per heavy atom. The molecule has 0 radical (unpaired) electrons. The predicted octanol–water partition coefficient (Wildman–Crippen LogP) is 0.756.